The maximum Gasteiger partial charge on any atom is 0.308 e. The number of carbonyl (C=O) groups is 2. The number of aliphatic hydroxyl groups is 1. The molecule has 0 aromatic heterocycles. The number of amides is 1. The lowest BCUT2D eigenvalue weighted by atomic mass is 9.64. The van der Waals surface area contributed by atoms with E-state index in [9.17, 15) is 19.1 Å². The second-order valence-corrected chi connectivity index (χ2v) is 10.8. The van der Waals surface area contributed by atoms with Crippen LogP contribution in [0.1, 0.15) is 42.6 Å². The highest BCUT2D eigenvalue weighted by Crippen LogP contribution is 2.50. The quantitative estimate of drug-likeness (QED) is 0.105. The van der Waals surface area contributed by atoms with E-state index in [1.807, 2.05) is 73.0 Å². The summed E-state index contributed by atoms with van der Waals surface area (Å²) in [6, 6.07) is 29.1. The first-order valence-corrected chi connectivity index (χ1v) is 14.3. The summed E-state index contributed by atoms with van der Waals surface area (Å²) in [4.78, 5) is 26.5. The van der Waals surface area contributed by atoms with Gasteiger partial charge in [-0.2, -0.15) is 0 Å². The fourth-order valence-electron chi connectivity index (χ4n) is 5.47. The molecule has 0 bridgehead atoms. The van der Waals surface area contributed by atoms with E-state index in [1.54, 1.807) is 23.9 Å². The smallest absolute Gasteiger partial charge is 0.308 e. The van der Waals surface area contributed by atoms with Gasteiger partial charge in [0.2, 0.25) is 5.91 Å². The number of nitrogens with one attached hydrogen (secondary N) is 1. The molecule has 0 radical (unpaired) electrons. The third-order valence-corrected chi connectivity index (χ3v) is 8.16. The van der Waals surface area contributed by atoms with Crippen LogP contribution in [0.5, 0.6) is 5.75 Å². The predicted octanol–water partition coefficient (Wildman–Crippen LogP) is 6.64. The van der Waals surface area contributed by atoms with Crippen LogP contribution in [-0.2, 0) is 15.1 Å². The first kappa shape index (κ1) is 27.6. The van der Waals surface area contributed by atoms with Crippen LogP contribution in [0, 0.1) is 11.7 Å². The summed E-state index contributed by atoms with van der Waals surface area (Å²) in [7, 11) is 0. The Kier molecular flexibility index (Phi) is 8.05. The van der Waals surface area contributed by atoms with Crippen molar-refractivity contribution in [1.82, 2.24) is 5.32 Å². The van der Waals surface area contributed by atoms with E-state index >= 15 is 0 Å². The molecule has 7 heteroatoms. The van der Waals surface area contributed by atoms with Gasteiger partial charge in [0, 0.05) is 17.4 Å². The van der Waals surface area contributed by atoms with Crippen LogP contribution in [0.4, 0.5) is 4.39 Å². The van der Waals surface area contributed by atoms with Crippen LogP contribution in [0.25, 0.3) is 11.1 Å². The van der Waals surface area contributed by atoms with E-state index in [4.69, 9.17) is 4.74 Å². The maximum absolute atomic E-state index is 13.4. The summed E-state index contributed by atoms with van der Waals surface area (Å²) in [6.07, 6.45) is 1.81. The molecule has 0 saturated carbocycles. The largest absolute Gasteiger partial charge is 0.426 e. The third-order valence-electron chi connectivity index (χ3n) is 7.44. The van der Waals surface area contributed by atoms with Crippen LogP contribution in [0.3, 0.4) is 0 Å². The summed E-state index contributed by atoms with van der Waals surface area (Å²) in [5, 5.41) is 14.0. The number of thioether (sulfide) groups is 1. The molecule has 1 aliphatic heterocycles. The van der Waals surface area contributed by atoms with Crippen LogP contribution in [0.15, 0.2) is 102 Å². The number of esters is 1. The second kappa shape index (κ2) is 11.7. The maximum atomic E-state index is 13.4. The summed E-state index contributed by atoms with van der Waals surface area (Å²) in [5.41, 5.74) is 3.00. The number of rotatable bonds is 9. The van der Waals surface area contributed by atoms with Gasteiger partial charge in [-0.05, 0) is 71.7 Å². The first-order chi connectivity index (χ1) is 19.3. The molecule has 204 valence electrons. The SMILES string of the molecule is CSc1cccc(-c2ccc([C@]3(c4ccccc4)NC(=O)[C@@H]3CC[C@H](O)c3ccc(F)cc3)c(OC(C)=O)c2)c1. The molecule has 5 nitrogen and oxygen atoms in total. The number of aliphatic hydroxyl groups excluding tert-OH is 1. The van der Waals surface area contributed by atoms with Crippen LogP contribution in [-0.4, -0.2) is 23.2 Å². The lowest BCUT2D eigenvalue weighted by Crippen LogP contribution is -2.67. The number of hydrogen-bond acceptors (Lipinski definition) is 5. The van der Waals surface area contributed by atoms with Crippen molar-refractivity contribution in [1.29, 1.82) is 0 Å². The van der Waals surface area contributed by atoms with E-state index in [-0.39, 0.29) is 11.7 Å². The van der Waals surface area contributed by atoms with Gasteiger partial charge in [0.25, 0.3) is 0 Å². The fourth-order valence-corrected chi connectivity index (χ4v) is 5.93. The third kappa shape index (κ3) is 5.40. The number of β-lactam (4-membered cyclic amide) rings is 1. The Morgan fingerprint density at radius 2 is 1.73 bits per heavy atom. The van der Waals surface area contributed by atoms with E-state index < -0.39 is 23.5 Å². The highest BCUT2D eigenvalue weighted by atomic mass is 32.2. The van der Waals surface area contributed by atoms with Crippen molar-refractivity contribution >= 4 is 23.6 Å². The zero-order valence-electron chi connectivity index (χ0n) is 22.3. The zero-order chi connectivity index (χ0) is 28.3. The van der Waals surface area contributed by atoms with Gasteiger partial charge in [0.05, 0.1) is 12.0 Å². The first-order valence-electron chi connectivity index (χ1n) is 13.1. The molecule has 4 aromatic carbocycles. The molecule has 2 N–H and O–H groups in total. The Morgan fingerprint density at radius 3 is 2.40 bits per heavy atom. The molecule has 1 fully saturated rings. The van der Waals surface area contributed by atoms with Gasteiger partial charge < -0.3 is 15.2 Å². The summed E-state index contributed by atoms with van der Waals surface area (Å²) < 4.78 is 19.2. The number of hydrogen-bond donors (Lipinski definition) is 2. The monoisotopic (exact) mass is 555 g/mol. The van der Waals surface area contributed by atoms with Gasteiger partial charge in [-0.15, -0.1) is 11.8 Å². The minimum absolute atomic E-state index is 0.152. The van der Waals surface area contributed by atoms with Gasteiger partial charge in [-0.1, -0.05) is 66.7 Å². The average molecular weight is 556 g/mol. The number of halogens is 1. The van der Waals surface area contributed by atoms with E-state index in [0.29, 0.717) is 29.7 Å². The van der Waals surface area contributed by atoms with Crippen molar-refractivity contribution in [3.8, 4) is 16.9 Å². The minimum Gasteiger partial charge on any atom is -0.426 e. The minimum atomic E-state index is -0.967. The number of carbonyl (C=O) groups excluding carboxylic acids is 2. The molecule has 0 unspecified atom stereocenters. The molecule has 1 aliphatic rings. The standard InChI is InChI=1S/C33H30FNO4S/c1-21(36)39-31-20-24(23-7-6-10-27(19-23)40-2)13-16-28(31)33(25-8-4-3-5-9-25)29(32(38)35-33)17-18-30(37)22-11-14-26(34)15-12-22/h3-16,19-20,29-30,37H,17-18H2,1-2H3,(H,35,38)/t29-,30-,33-/m0/s1. The lowest BCUT2D eigenvalue weighted by molar-refractivity contribution is -0.140. The van der Waals surface area contributed by atoms with Crippen molar-refractivity contribution in [3.63, 3.8) is 0 Å². The molecular formula is C33H30FNO4S. The zero-order valence-corrected chi connectivity index (χ0v) is 23.1. The Bertz CT molecular complexity index is 1530. The van der Waals surface area contributed by atoms with E-state index in [1.165, 1.54) is 19.1 Å². The number of benzene rings is 4. The lowest BCUT2D eigenvalue weighted by Gasteiger charge is -2.51. The van der Waals surface area contributed by atoms with Crippen molar-refractivity contribution in [2.45, 2.75) is 36.3 Å². The predicted molar refractivity (Wildman–Crippen MR) is 154 cm³/mol. The van der Waals surface area contributed by atoms with Crippen molar-refractivity contribution in [2.75, 3.05) is 6.26 Å². The molecule has 4 aromatic rings. The molecule has 0 spiro atoms. The van der Waals surface area contributed by atoms with Crippen LogP contribution >= 0.6 is 11.8 Å². The van der Waals surface area contributed by atoms with E-state index in [2.05, 4.69) is 11.4 Å². The summed E-state index contributed by atoms with van der Waals surface area (Å²) >= 11 is 1.65. The molecule has 1 amide bonds. The normalized spacial score (nSPS) is 18.9. The van der Waals surface area contributed by atoms with Crippen LogP contribution < -0.4 is 10.1 Å². The highest BCUT2D eigenvalue weighted by molar-refractivity contribution is 7.98. The average Bonchev–Trinajstić information content (AvgIpc) is 2.96. The second-order valence-electron chi connectivity index (χ2n) is 9.90. The highest BCUT2D eigenvalue weighted by Gasteiger charge is 2.56. The topological polar surface area (TPSA) is 75.6 Å². The Balaban J connectivity index is 1.56. The molecule has 3 atom stereocenters. The Morgan fingerprint density at radius 1 is 1.00 bits per heavy atom. The molecule has 1 saturated heterocycles. The van der Waals surface area contributed by atoms with Crippen molar-refractivity contribution in [2.24, 2.45) is 5.92 Å². The summed E-state index contributed by atoms with van der Waals surface area (Å²) in [5.74, 6) is -1.16. The van der Waals surface area contributed by atoms with Gasteiger partial charge in [-0.25, -0.2) is 4.39 Å². The number of ether oxygens (including phenoxy) is 1. The Labute approximate surface area is 237 Å². The van der Waals surface area contributed by atoms with Gasteiger partial charge in [0.15, 0.2) is 0 Å². The molecule has 5 rings (SSSR count). The molecular weight excluding hydrogens is 525 g/mol. The summed E-state index contributed by atoms with van der Waals surface area (Å²) in [6.45, 7) is 1.36. The van der Waals surface area contributed by atoms with Gasteiger partial charge in [-0.3, -0.25) is 9.59 Å². The molecule has 1 heterocycles. The molecule has 0 aliphatic carbocycles. The van der Waals surface area contributed by atoms with Crippen LogP contribution in [0.2, 0.25) is 0 Å². The van der Waals surface area contributed by atoms with Crippen molar-refractivity contribution in [3.05, 3.63) is 120 Å². The van der Waals surface area contributed by atoms with Gasteiger partial charge >= 0.3 is 5.97 Å². The fraction of sp³-hybridized carbons (Fsp3) is 0.212. The van der Waals surface area contributed by atoms with E-state index in [0.717, 1.165) is 21.6 Å². The Hall–Kier alpha value is -3.94. The van der Waals surface area contributed by atoms with Crippen molar-refractivity contribution < 1.29 is 23.8 Å². The molecule has 40 heavy (non-hydrogen) atoms. The van der Waals surface area contributed by atoms with Gasteiger partial charge in [0.1, 0.15) is 17.1 Å².